The van der Waals surface area contributed by atoms with E-state index in [0.717, 1.165) is 23.9 Å². The summed E-state index contributed by atoms with van der Waals surface area (Å²) in [7, 11) is 0. The zero-order valence-electron chi connectivity index (χ0n) is 9.31. The molecule has 1 rings (SSSR count). The Morgan fingerprint density at radius 1 is 1.27 bits per heavy atom. The minimum absolute atomic E-state index is 0.274. The fourth-order valence-electron chi connectivity index (χ4n) is 1.59. The second-order valence-corrected chi connectivity index (χ2v) is 4.65. The lowest BCUT2D eigenvalue weighted by Gasteiger charge is -2.12. The molecule has 0 aliphatic heterocycles. The molecule has 3 heteroatoms. The van der Waals surface area contributed by atoms with Crippen molar-refractivity contribution in [1.82, 2.24) is 0 Å². The summed E-state index contributed by atoms with van der Waals surface area (Å²) >= 11 is 3.56. The molecule has 0 heterocycles. The topological polar surface area (TPSA) is 32.3 Å². The van der Waals surface area contributed by atoms with E-state index in [-0.39, 0.29) is 6.61 Å². The van der Waals surface area contributed by atoms with Gasteiger partial charge >= 0.3 is 0 Å². The number of benzene rings is 1. The van der Waals surface area contributed by atoms with Gasteiger partial charge in [0.15, 0.2) is 0 Å². The fourth-order valence-corrected chi connectivity index (χ4v) is 2.40. The van der Waals surface area contributed by atoms with Crippen LogP contribution in [0.15, 0.2) is 16.6 Å². The van der Waals surface area contributed by atoms with Gasteiger partial charge in [-0.1, -0.05) is 6.07 Å². The van der Waals surface area contributed by atoms with E-state index in [1.54, 1.807) is 0 Å². The van der Waals surface area contributed by atoms with Gasteiger partial charge in [0.25, 0.3) is 0 Å². The van der Waals surface area contributed by atoms with Crippen LogP contribution < -0.4 is 5.32 Å². The van der Waals surface area contributed by atoms with Gasteiger partial charge in [-0.2, -0.15) is 0 Å². The summed E-state index contributed by atoms with van der Waals surface area (Å²) in [5.41, 5.74) is 3.68. The van der Waals surface area contributed by atoms with Gasteiger partial charge in [-0.3, -0.25) is 0 Å². The van der Waals surface area contributed by atoms with E-state index in [2.05, 4.69) is 47.2 Å². The first-order valence-electron chi connectivity index (χ1n) is 5.26. The van der Waals surface area contributed by atoms with Gasteiger partial charge in [-0.25, -0.2) is 0 Å². The molecule has 0 radical (unpaired) electrons. The second kappa shape index (κ2) is 6.13. The molecule has 1 aromatic rings. The molecule has 0 bridgehead atoms. The molecule has 1 aromatic carbocycles. The van der Waals surface area contributed by atoms with Crippen molar-refractivity contribution in [2.24, 2.45) is 0 Å². The molecule has 0 aromatic heterocycles. The van der Waals surface area contributed by atoms with E-state index in [9.17, 15) is 0 Å². The molecule has 0 aliphatic carbocycles. The van der Waals surface area contributed by atoms with Gasteiger partial charge in [0.2, 0.25) is 0 Å². The lowest BCUT2D eigenvalue weighted by molar-refractivity contribution is 0.286. The van der Waals surface area contributed by atoms with Crippen molar-refractivity contribution in [2.75, 3.05) is 18.5 Å². The van der Waals surface area contributed by atoms with Crippen molar-refractivity contribution in [2.45, 2.75) is 26.7 Å². The van der Waals surface area contributed by atoms with Crippen molar-refractivity contribution in [3.05, 3.63) is 27.7 Å². The van der Waals surface area contributed by atoms with E-state index < -0.39 is 0 Å². The summed E-state index contributed by atoms with van der Waals surface area (Å²) in [5, 5.41) is 12.1. The third kappa shape index (κ3) is 3.84. The summed E-state index contributed by atoms with van der Waals surface area (Å²) in [6.45, 7) is 5.37. The highest BCUT2D eigenvalue weighted by Gasteiger charge is 2.03. The molecular formula is C12H18BrNO. The second-order valence-electron chi connectivity index (χ2n) is 3.80. The van der Waals surface area contributed by atoms with E-state index in [4.69, 9.17) is 5.11 Å². The number of hydrogen-bond acceptors (Lipinski definition) is 2. The Morgan fingerprint density at radius 2 is 2.00 bits per heavy atom. The molecule has 0 aliphatic rings. The predicted octanol–water partition coefficient (Wildman–Crippen LogP) is 3.25. The van der Waals surface area contributed by atoms with Crippen LogP contribution in [0.2, 0.25) is 0 Å². The average molecular weight is 272 g/mol. The average Bonchev–Trinajstić information content (AvgIpc) is 2.15. The number of anilines is 1. The highest BCUT2D eigenvalue weighted by atomic mass is 79.9. The third-order valence-corrected chi connectivity index (χ3v) is 2.94. The van der Waals surface area contributed by atoms with Crippen molar-refractivity contribution < 1.29 is 5.11 Å². The van der Waals surface area contributed by atoms with Crippen LogP contribution in [0.1, 0.15) is 24.0 Å². The Bertz CT molecular complexity index is 302. The molecule has 84 valence electrons. The van der Waals surface area contributed by atoms with E-state index in [1.165, 1.54) is 16.8 Å². The standard InChI is InChI=1S/C12H18BrNO/c1-9-7-10(2)12(11(13)8-9)14-5-3-4-6-15/h7-8,14-15H,3-6H2,1-2H3. The van der Waals surface area contributed by atoms with Crippen molar-refractivity contribution in [1.29, 1.82) is 0 Å². The molecule has 0 fully saturated rings. The maximum atomic E-state index is 8.67. The Morgan fingerprint density at radius 3 is 2.60 bits per heavy atom. The Hall–Kier alpha value is -0.540. The van der Waals surface area contributed by atoms with Crippen LogP contribution in [-0.2, 0) is 0 Å². The molecule has 0 saturated heterocycles. The number of aryl methyl sites for hydroxylation is 2. The van der Waals surface area contributed by atoms with Crippen LogP contribution >= 0.6 is 15.9 Å². The zero-order chi connectivity index (χ0) is 11.3. The van der Waals surface area contributed by atoms with Crippen molar-refractivity contribution in [3.63, 3.8) is 0 Å². The Kier molecular flexibility index (Phi) is 5.12. The van der Waals surface area contributed by atoms with Gasteiger partial charge in [-0.05, 0) is 59.8 Å². The number of halogens is 1. The first-order chi connectivity index (χ1) is 7.15. The van der Waals surface area contributed by atoms with Crippen LogP contribution in [0, 0.1) is 13.8 Å². The monoisotopic (exact) mass is 271 g/mol. The molecule has 2 N–H and O–H groups in total. The number of rotatable bonds is 5. The summed E-state index contributed by atoms with van der Waals surface area (Å²) in [6, 6.07) is 4.28. The smallest absolute Gasteiger partial charge is 0.0514 e. The highest BCUT2D eigenvalue weighted by molar-refractivity contribution is 9.10. The lowest BCUT2D eigenvalue weighted by Crippen LogP contribution is -2.04. The number of unbranched alkanes of at least 4 members (excludes halogenated alkanes) is 1. The molecular weight excluding hydrogens is 254 g/mol. The van der Waals surface area contributed by atoms with Gasteiger partial charge in [0, 0.05) is 17.6 Å². The molecule has 0 amide bonds. The number of nitrogens with one attached hydrogen (secondary N) is 1. The van der Waals surface area contributed by atoms with E-state index in [0.29, 0.717) is 0 Å². The van der Waals surface area contributed by atoms with Gasteiger partial charge in [-0.15, -0.1) is 0 Å². The maximum absolute atomic E-state index is 8.67. The highest BCUT2D eigenvalue weighted by Crippen LogP contribution is 2.27. The largest absolute Gasteiger partial charge is 0.396 e. The van der Waals surface area contributed by atoms with Gasteiger partial charge in [0.05, 0.1) is 5.69 Å². The van der Waals surface area contributed by atoms with E-state index in [1.807, 2.05) is 0 Å². The van der Waals surface area contributed by atoms with Crippen LogP contribution in [0.3, 0.4) is 0 Å². The molecule has 15 heavy (non-hydrogen) atoms. The van der Waals surface area contributed by atoms with Crippen LogP contribution in [0.4, 0.5) is 5.69 Å². The maximum Gasteiger partial charge on any atom is 0.0514 e. The minimum atomic E-state index is 0.274. The van der Waals surface area contributed by atoms with Crippen LogP contribution in [-0.4, -0.2) is 18.3 Å². The summed E-state index contributed by atoms with van der Waals surface area (Å²) in [6.07, 6.45) is 1.85. The summed E-state index contributed by atoms with van der Waals surface area (Å²) in [5.74, 6) is 0. The molecule has 0 spiro atoms. The van der Waals surface area contributed by atoms with Crippen LogP contribution in [0.5, 0.6) is 0 Å². The van der Waals surface area contributed by atoms with Crippen LogP contribution in [0.25, 0.3) is 0 Å². The minimum Gasteiger partial charge on any atom is -0.396 e. The molecule has 0 saturated carbocycles. The van der Waals surface area contributed by atoms with Crippen molar-refractivity contribution in [3.8, 4) is 0 Å². The van der Waals surface area contributed by atoms with Gasteiger partial charge in [0.1, 0.15) is 0 Å². The zero-order valence-corrected chi connectivity index (χ0v) is 10.9. The van der Waals surface area contributed by atoms with Gasteiger partial charge < -0.3 is 10.4 Å². The number of hydrogen-bond donors (Lipinski definition) is 2. The fraction of sp³-hybridized carbons (Fsp3) is 0.500. The molecule has 0 unspecified atom stereocenters. The third-order valence-electron chi connectivity index (χ3n) is 2.32. The predicted molar refractivity (Wildman–Crippen MR) is 68.4 cm³/mol. The molecule has 0 atom stereocenters. The Balaban J connectivity index is 2.60. The molecule has 2 nitrogen and oxygen atoms in total. The SMILES string of the molecule is Cc1cc(C)c(NCCCCO)c(Br)c1. The normalized spacial score (nSPS) is 10.4. The van der Waals surface area contributed by atoms with E-state index >= 15 is 0 Å². The quantitative estimate of drug-likeness (QED) is 0.806. The number of aliphatic hydroxyl groups is 1. The lowest BCUT2D eigenvalue weighted by atomic mass is 10.1. The van der Waals surface area contributed by atoms with Crippen molar-refractivity contribution >= 4 is 21.6 Å². The number of aliphatic hydroxyl groups excluding tert-OH is 1. The first kappa shape index (κ1) is 12.5. The first-order valence-corrected chi connectivity index (χ1v) is 6.06. The summed E-state index contributed by atoms with van der Waals surface area (Å²) < 4.78 is 1.11. The summed E-state index contributed by atoms with van der Waals surface area (Å²) in [4.78, 5) is 0. The Labute approximate surface area is 99.8 Å².